The third-order valence-corrected chi connectivity index (χ3v) is 3.57. The van der Waals surface area contributed by atoms with E-state index in [1.54, 1.807) is 7.05 Å². The van der Waals surface area contributed by atoms with Gasteiger partial charge in [-0.05, 0) is 36.0 Å². The van der Waals surface area contributed by atoms with Gasteiger partial charge in [-0.1, -0.05) is 0 Å². The Bertz CT molecular complexity index is 611. The molecule has 1 fully saturated rings. The average molecular weight is 294 g/mol. The van der Waals surface area contributed by atoms with Crippen molar-refractivity contribution in [2.24, 2.45) is 4.99 Å². The van der Waals surface area contributed by atoms with Gasteiger partial charge in [-0.15, -0.1) is 0 Å². The Balaban J connectivity index is 2.26. The topological polar surface area (TPSA) is 59.0 Å². The number of benzene rings is 1. The van der Waals surface area contributed by atoms with E-state index in [1.807, 2.05) is 0 Å². The second-order valence-electron chi connectivity index (χ2n) is 3.87. The molecule has 1 heterocycles. The highest BCUT2D eigenvalue weighted by atomic mass is 32.2. The largest absolute Gasteiger partial charge is 0.466 e. The zero-order valence-electron chi connectivity index (χ0n) is 10.8. The number of thioether (sulfide) groups is 1. The zero-order valence-corrected chi connectivity index (χ0v) is 11.6. The van der Waals surface area contributed by atoms with Crippen LogP contribution in [0.2, 0.25) is 0 Å². The number of nitrogens with zero attached hydrogens (tertiary/aromatic N) is 2. The van der Waals surface area contributed by atoms with Gasteiger partial charge in [-0.3, -0.25) is 9.69 Å². The molecule has 104 valence electrons. The standard InChI is InChI=1S/C13H11FN2O3S/c1-16-12(18)10(7-11(17)19-2)20-13(16)15-9-5-3-8(14)4-6-9/h3-7H,1-2H3/b10-7+,15-13?. The first-order valence-corrected chi connectivity index (χ1v) is 6.42. The molecule has 20 heavy (non-hydrogen) atoms. The number of hydrogen-bond acceptors (Lipinski definition) is 5. The van der Waals surface area contributed by atoms with Gasteiger partial charge >= 0.3 is 5.97 Å². The maximum atomic E-state index is 12.8. The van der Waals surface area contributed by atoms with Crippen LogP contribution in [0, 0.1) is 5.82 Å². The number of rotatable bonds is 2. The van der Waals surface area contributed by atoms with E-state index in [4.69, 9.17) is 0 Å². The molecule has 0 aliphatic carbocycles. The minimum atomic E-state index is -0.600. The molecule has 0 aromatic heterocycles. The van der Waals surface area contributed by atoms with Gasteiger partial charge in [-0.2, -0.15) is 0 Å². The number of carbonyl (C=O) groups excluding carboxylic acids is 2. The SMILES string of the molecule is COC(=O)/C=C1/SC(=Nc2ccc(F)cc2)N(C)C1=O. The molecular weight excluding hydrogens is 283 g/mol. The normalized spacial score (nSPS) is 18.9. The van der Waals surface area contributed by atoms with Crippen molar-refractivity contribution in [1.82, 2.24) is 4.90 Å². The van der Waals surface area contributed by atoms with E-state index >= 15 is 0 Å². The number of likely N-dealkylation sites (N-methyl/N-ethyl adjacent to an activating group) is 1. The third kappa shape index (κ3) is 3.05. The molecular formula is C13H11FN2O3S. The van der Waals surface area contributed by atoms with Crippen LogP contribution in [0.15, 0.2) is 40.2 Å². The van der Waals surface area contributed by atoms with Crippen LogP contribution in [0.25, 0.3) is 0 Å². The lowest BCUT2D eigenvalue weighted by atomic mass is 10.3. The van der Waals surface area contributed by atoms with Gasteiger partial charge in [0.25, 0.3) is 5.91 Å². The van der Waals surface area contributed by atoms with Crippen LogP contribution in [0.4, 0.5) is 10.1 Å². The van der Waals surface area contributed by atoms with E-state index < -0.39 is 5.97 Å². The second kappa shape index (κ2) is 5.87. The monoisotopic (exact) mass is 294 g/mol. The number of halogens is 1. The van der Waals surface area contributed by atoms with Gasteiger partial charge in [0.05, 0.1) is 17.7 Å². The van der Waals surface area contributed by atoms with E-state index in [9.17, 15) is 14.0 Å². The van der Waals surface area contributed by atoms with Crippen LogP contribution in [-0.2, 0) is 14.3 Å². The van der Waals surface area contributed by atoms with E-state index in [0.717, 1.165) is 17.8 Å². The molecule has 0 saturated carbocycles. The molecule has 7 heteroatoms. The summed E-state index contributed by atoms with van der Waals surface area (Å²) in [7, 11) is 2.79. The van der Waals surface area contributed by atoms with Crippen molar-refractivity contribution in [2.75, 3.05) is 14.2 Å². The summed E-state index contributed by atoms with van der Waals surface area (Å²) >= 11 is 1.06. The van der Waals surface area contributed by atoms with Crippen molar-refractivity contribution >= 4 is 34.5 Å². The van der Waals surface area contributed by atoms with Gasteiger partial charge in [0, 0.05) is 13.1 Å². The summed E-state index contributed by atoms with van der Waals surface area (Å²) < 4.78 is 17.3. The Kier molecular flexibility index (Phi) is 4.19. The molecule has 0 N–H and O–H groups in total. The summed E-state index contributed by atoms with van der Waals surface area (Å²) in [4.78, 5) is 28.9. The predicted molar refractivity (Wildman–Crippen MR) is 74.0 cm³/mol. The van der Waals surface area contributed by atoms with Crippen molar-refractivity contribution in [3.8, 4) is 0 Å². The summed E-state index contributed by atoms with van der Waals surface area (Å²) in [6.45, 7) is 0. The molecule has 0 unspecified atom stereocenters. The van der Waals surface area contributed by atoms with Crippen molar-refractivity contribution in [3.05, 3.63) is 41.1 Å². The van der Waals surface area contributed by atoms with Gasteiger partial charge in [0.2, 0.25) is 0 Å². The fourth-order valence-electron chi connectivity index (χ4n) is 1.44. The van der Waals surface area contributed by atoms with E-state index in [-0.39, 0.29) is 16.6 Å². The number of amides is 1. The lowest BCUT2D eigenvalue weighted by molar-refractivity contribution is -0.135. The number of aliphatic imine (C=N–C) groups is 1. The molecule has 0 spiro atoms. The van der Waals surface area contributed by atoms with Gasteiger partial charge in [0.1, 0.15) is 5.82 Å². The molecule has 1 amide bonds. The van der Waals surface area contributed by atoms with Crippen LogP contribution in [0.5, 0.6) is 0 Å². The van der Waals surface area contributed by atoms with Crippen LogP contribution in [-0.4, -0.2) is 36.1 Å². The fourth-order valence-corrected chi connectivity index (χ4v) is 2.39. The Labute approximate surface area is 119 Å². The molecule has 5 nitrogen and oxygen atoms in total. The Morgan fingerprint density at radius 2 is 2.05 bits per heavy atom. The number of carbonyl (C=O) groups is 2. The molecule has 1 aliphatic heterocycles. The highest BCUT2D eigenvalue weighted by Gasteiger charge is 2.31. The van der Waals surface area contributed by atoms with E-state index in [1.165, 1.54) is 36.3 Å². The van der Waals surface area contributed by atoms with Gasteiger partial charge in [-0.25, -0.2) is 14.2 Å². The van der Waals surface area contributed by atoms with Crippen LogP contribution in [0.3, 0.4) is 0 Å². The zero-order chi connectivity index (χ0) is 14.7. The highest BCUT2D eigenvalue weighted by Crippen LogP contribution is 2.31. The third-order valence-electron chi connectivity index (χ3n) is 2.51. The molecule has 1 aliphatic rings. The summed E-state index contributed by atoms with van der Waals surface area (Å²) in [5.74, 6) is -1.29. The van der Waals surface area contributed by atoms with E-state index in [0.29, 0.717) is 10.9 Å². The van der Waals surface area contributed by atoms with Crippen LogP contribution < -0.4 is 0 Å². The van der Waals surface area contributed by atoms with Gasteiger partial charge < -0.3 is 4.74 Å². The second-order valence-corrected chi connectivity index (χ2v) is 4.88. The average Bonchev–Trinajstić information content (AvgIpc) is 2.69. The molecule has 1 aromatic carbocycles. The molecule has 1 saturated heterocycles. The maximum absolute atomic E-state index is 12.8. The summed E-state index contributed by atoms with van der Waals surface area (Å²) in [6, 6.07) is 5.57. The van der Waals surface area contributed by atoms with Crippen molar-refractivity contribution in [3.63, 3.8) is 0 Å². The molecule has 0 atom stereocenters. The quantitative estimate of drug-likeness (QED) is 0.619. The smallest absolute Gasteiger partial charge is 0.331 e. The number of hydrogen-bond donors (Lipinski definition) is 0. The summed E-state index contributed by atoms with van der Waals surface area (Å²) in [5, 5.41) is 0.414. The number of amidine groups is 1. The molecule has 0 radical (unpaired) electrons. The Morgan fingerprint density at radius 1 is 1.40 bits per heavy atom. The lowest BCUT2D eigenvalue weighted by Crippen LogP contribution is -2.23. The minimum absolute atomic E-state index is 0.236. The number of methoxy groups -OCH3 is 1. The molecule has 2 rings (SSSR count). The van der Waals surface area contributed by atoms with Crippen LogP contribution >= 0.6 is 11.8 Å². The van der Waals surface area contributed by atoms with Crippen molar-refractivity contribution < 1.29 is 18.7 Å². The fraction of sp³-hybridized carbons (Fsp3) is 0.154. The Hall–Kier alpha value is -2.15. The highest BCUT2D eigenvalue weighted by molar-refractivity contribution is 8.18. The first kappa shape index (κ1) is 14.3. The van der Waals surface area contributed by atoms with Crippen molar-refractivity contribution in [1.29, 1.82) is 0 Å². The van der Waals surface area contributed by atoms with E-state index in [2.05, 4.69) is 9.73 Å². The predicted octanol–water partition coefficient (Wildman–Crippen LogP) is 2.08. The van der Waals surface area contributed by atoms with Gasteiger partial charge in [0.15, 0.2) is 5.17 Å². The number of ether oxygens (including phenoxy) is 1. The first-order valence-electron chi connectivity index (χ1n) is 5.61. The summed E-state index contributed by atoms with van der Waals surface area (Å²) in [6.07, 6.45) is 1.12. The number of esters is 1. The molecule has 1 aromatic rings. The first-order chi connectivity index (χ1) is 9.51. The van der Waals surface area contributed by atoms with Crippen LogP contribution in [0.1, 0.15) is 0 Å². The molecule has 0 bridgehead atoms. The van der Waals surface area contributed by atoms with Crippen molar-refractivity contribution in [2.45, 2.75) is 0 Å². The minimum Gasteiger partial charge on any atom is -0.466 e. The lowest BCUT2D eigenvalue weighted by Gasteiger charge is -2.06. The maximum Gasteiger partial charge on any atom is 0.331 e. The Morgan fingerprint density at radius 3 is 2.65 bits per heavy atom. The summed E-state index contributed by atoms with van der Waals surface area (Å²) in [5.41, 5.74) is 0.521.